The van der Waals surface area contributed by atoms with E-state index in [-0.39, 0.29) is 24.2 Å². The van der Waals surface area contributed by atoms with Crippen LogP contribution in [0.4, 0.5) is 15.8 Å². The van der Waals surface area contributed by atoms with Gasteiger partial charge in [-0.3, -0.25) is 9.59 Å². The lowest BCUT2D eigenvalue weighted by molar-refractivity contribution is -0.114. The zero-order chi connectivity index (χ0) is 20.8. The third kappa shape index (κ3) is 5.19. The van der Waals surface area contributed by atoms with Crippen LogP contribution in [0.3, 0.4) is 0 Å². The summed E-state index contributed by atoms with van der Waals surface area (Å²) in [5.41, 5.74) is 3.14. The highest BCUT2D eigenvalue weighted by Crippen LogP contribution is 2.26. The van der Waals surface area contributed by atoms with Crippen LogP contribution >= 0.6 is 0 Å². The van der Waals surface area contributed by atoms with Crippen LogP contribution in [0.25, 0.3) is 0 Å². The minimum absolute atomic E-state index is 0.184. The molecule has 0 aliphatic rings. The fourth-order valence-electron chi connectivity index (χ4n) is 2.81. The Bertz CT molecular complexity index is 1030. The van der Waals surface area contributed by atoms with Crippen LogP contribution in [0.2, 0.25) is 0 Å². The standard InChI is InChI=1S/C23H21FN2O3/c1-15-20(25-16(2)27)7-5-8-21(15)26-23(28)19-6-3-4-9-22(19)29-14-17-10-12-18(24)13-11-17/h3-13H,14H2,1-2H3,(H,25,27)(H,26,28). The number of benzene rings is 3. The number of rotatable bonds is 6. The number of carbonyl (C=O) groups is 2. The van der Waals surface area contributed by atoms with Crippen LogP contribution in [0.1, 0.15) is 28.4 Å². The third-order valence-corrected chi connectivity index (χ3v) is 4.33. The lowest BCUT2D eigenvalue weighted by atomic mass is 10.1. The molecule has 3 rings (SSSR count). The first-order valence-electron chi connectivity index (χ1n) is 9.09. The minimum Gasteiger partial charge on any atom is -0.488 e. The van der Waals surface area contributed by atoms with Gasteiger partial charge in [-0.1, -0.05) is 30.3 Å². The van der Waals surface area contributed by atoms with Gasteiger partial charge in [0.2, 0.25) is 5.91 Å². The quantitative estimate of drug-likeness (QED) is 0.625. The van der Waals surface area contributed by atoms with Crippen LogP contribution < -0.4 is 15.4 Å². The number of carbonyl (C=O) groups excluding carboxylic acids is 2. The molecule has 0 aliphatic carbocycles. The molecule has 3 aromatic carbocycles. The molecule has 3 aromatic rings. The van der Waals surface area contributed by atoms with Crippen LogP contribution in [0, 0.1) is 12.7 Å². The SMILES string of the molecule is CC(=O)Nc1cccc(NC(=O)c2ccccc2OCc2ccc(F)cc2)c1C. The number of halogens is 1. The second-order valence-corrected chi connectivity index (χ2v) is 6.52. The minimum atomic E-state index is -0.331. The summed E-state index contributed by atoms with van der Waals surface area (Å²) in [7, 11) is 0. The van der Waals surface area contributed by atoms with Crippen molar-refractivity contribution in [1.29, 1.82) is 0 Å². The van der Waals surface area contributed by atoms with Crippen LogP contribution in [-0.2, 0) is 11.4 Å². The summed E-state index contributed by atoms with van der Waals surface area (Å²) in [6.45, 7) is 3.46. The van der Waals surface area contributed by atoms with Crippen molar-refractivity contribution in [2.45, 2.75) is 20.5 Å². The van der Waals surface area contributed by atoms with Gasteiger partial charge in [-0.2, -0.15) is 0 Å². The summed E-state index contributed by atoms with van der Waals surface area (Å²) < 4.78 is 18.8. The van der Waals surface area contributed by atoms with Crippen molar-refractivity contribution < 1.29 is 18.7 Å². The normalized spacial score (nSPS) is 10.3. The first-order valence-corrected chi connectivity index (χ1v) is 9.09. The molecule has 0 unspecified atom stereocenters. The maximum absolute atomic E-state index is 13.0. The second-order valence-electron chi connectivity index (χ2n) is 6.52. The average molecular weight is 392 g/mol. The topological polar surface area (TPSA) is 67.4 Å². The van der Waals surface area contributed by atoms with E-state index in [4.69, 9.17) is 4.74 Å². The molecule has 2 N–H and O–H groups in total. The summed E-state index contributed by atoms with van der Waals surface area (Å²) in [4.78, 5) is 24.2. The van der Waals surface area contributed by atoms with Crippen molar-refractivity contribution in [2.24, 2.45) is 0 Å². The van der Waals surface area contributed by atoms with Gasteiger partial charge in [-0.05, 0) is 54.4 Å². The van der Waals surface area contributed by atoms with Crippen molar-refractivity contribution in [3.05, 3.63) is 89.2 Å². The summed E-state index contributed by atoms with van der Waals surface area (Å²) in [6, 6.07) is 18.2. The number of ether oxygens (including phenoxy) is 1. The zero-order valence-corrected chi connectivity index (χ0v) is 16.2. The molecule has 0 radical (unpaired) electrons. The van der Waals surface area contributed by atoms with Crippen molar-refractivity contribution in [2.75, 3.05) is 10.6 Å². The molecular weight excluding hydrogens is 371 g/mol. The van der Waals surface area contributed by atoms with E-state index in [1.807, 2.05) is 6.92 Å². The van der Waals surface area contributed by atoms with Gasteiger partial charge in [0.25, 0.3) is 5.91 Å². The highest BCUT2D eigenvalue weighted by molar-refractivity contribution is 6.07. The van der Waals surface area contributed by atoms with Gasteiger partial charge in [-0.25, -0.2) is 4.39 Å². The van der Waals surface area contributed by atoms with Gasteiger partial charge in [0.1, 0.15) is 18.2 Å². The summed E-state index contributed by atoms with van der Waals surface area (Å²) in [5, 5.41) is 5.61. The fraction of sp³-hybridized carbons (Fsp3) is 0.130. The predicted octanol–water partition coefficient (Wildman–Crippen LogP) is 4.92. The maximum Gasteiger partial charge on any atom is 0.259 e. The summed E-state index contributed by atoms with van der Waals surface area (Å²) in [5.74, 6) is -0.408. The van der Waals surface area contributed by atoms with E-state index in [0.29, 0.717) is 22.7 Å². The molecule has 0 bridgehead atoms. The first-order chi connectivity index (χ1) is 13.9. The van der Waals surface area contributed by atoms with Crippen LogP contribution in [0.5, 0.6) is 5.75 Å². The van der Waals surface area contributed by atoms with Gasteiger partial charge >= 0.3 is 0 Å². The average Bonchev–Trinajstić information content (AvgIpc) is 2.70. The number of anilines is 2. The van der Waals surface area contributed by atoms with E-state index in [1.165, 1.54) is 19.1 Å². The lowest BCUT2D eigenvalue weighted by Gasteiger charge is -2.15. The predicted molar refractivity (Wildman–Crippen MR) is 111 cm³/mol. The van der Waals surface area contributed by atoms with E-state index in [0.717, 1.165) is 11.1 Å². The van der Waals surface area contributed by atoms with Gasteiger partial charge in [0.15, 0.2) is 0 Å². The molecule has 2 amide bonds. The Morgan fingerprint density at radius 2 is 1.55 bits per heavy atom. The molecule has 0 heterocycles. The molecule has 0 saturated carbocycles. The molecule has 0 fully saturated rings. The van der Waals surface area contributed by atoms with Crippen LogP contribution in [0.15, 0.2) is 66.7 Å². The lowest BCUT2D eigenvalue weighted by Crippen LogP contribution is -2.15. The van der Waals surface area contributed by atoms with Crippen molar-refractivity contribution in [1.82, 2.24) is 0 Å². The van der Waals surface area contributed by atoms with Crippen molar-refractivity contribution in [3.63, 3.8) is 0 Å². The molecule has 6 heteroatoms. The maximum atomic E-state index is 13.0. The van der Waals surface area contributed by atoms with E-state index in [1.54, 1.807) is 54.6 Å². The number of amides is 2. The number of hydrogen-bond donors (Lipinski definition) is 2. The van der Waals surface area contributed by atoms with Crippen molar-refractivity contribution in [3.8, 4) is 5.75 Å². The van der Waals surface area contributed by atoms with Gasteiger partial charge < -0.3 is 15.4 Å². The second kappa shape index (κ2) is 9.01. The van der Waals surface area contributed by atoms with E-state index in [2.05, 4.69) is 10.6 Å². The Morgan fingerprint density at radius 1 is 0.897 bits per heavy atom. The van der Waals surface area contributed by atoms with Gasteiger partial charge in [-0.15, -0.1) is 0 Å². The fourth-order valence-corrected chi connectivity index (χ4v) is 2.81. The van der Waals surface area contributed by atoms with E-state index < -0.39 is 0 Å². The van der Waals surface area contributed by atoms with E-state index >= 15 is 0 Å². The summed E-state index contributed by atoms with van der Waals surface area (Å²) in [6.07, 6.45) is 0. The highest BCUT2D eigenvalue weighted by Gasteiger charge is 2.14. The zero-order valence-electron chi connectivity index (χ0n) is 16.2. The Labute approximate surface area is 168 Å². The number of nitrogens with one attached hydrogen (secondary N) is 2. The van der Waals surface area contributed by atoms with E-state index in [9.17, 15) is 14.0 Å². The third-order valence-electron chi connectivity index (χ3n) is 4.33. The van der Waals surface area contributed by atoms with Crippen LogP contribution in [-0.4, -0.2) is 11.8 Å². The molecule has 5 nitrogen and oxygen atoms in total. The number of hydrogen-bond acceptors (Lipinski definition) is 3. The molecule has 148 valence electrons. The molecule has 0 spiro atoms. The molecule has 0 saturated heterocycles. The summed E-state index contributed by atoms with van der Waals surface area (Å²) >= 11 is 0. The highest BCUT2D eigenvalue weighted by atomic mass is 19.1. The Balaban J connectivity index is 1.76. The molecular formula is C23H21FN2O3. The van der Waals surface area contributed by atoms with Crippen molar-refractivity contribution >= 4 is 23.2 Å². The van der Waals surface area contributed by atoms with Gasteiger partial charge in [0.05, 0.1) is 5.56 Å². The largest absolute Gasteiger partial charge is 0.488 e. The Morgan fingerprint density at radius 3 is 2.24 bits per heavy atom. The Kier molecular flexibility index (Phi) is 6.24. The Hall–Kier alpha value is -3.67. The molecule has 0 aromatic heterocycles. The molecule has 29 heavy (non-hydrogen) atoms. The monoisotopic (exact) mass is 392 g/mol. The smallest absolute Gasteiger partial charge is 0.259 e. The first kappa shape index (κ1) is 20.1. The molecule has 0 atom stereocenters. The number of para-hydroxylation sites is 1. The molecule has 0 aliphatic heterocycles. The van der Waals surface area contributed by atoms with Gasteiger partial charge in [0, 0.05) is 18.3 Å².